The fraction of sp³-hybridized carbons (Fsp3) is 0.286. The molecular weight excluding hydrogens is 340 g/mol. The highest BCUT2D eigenvalue weighted by molar-refractivity contribution is 9.10. The summed E-state index contributed by atoms with van der Waals surface area (Å²) in [6.07, 6.45) is 0.424. The molecule has 104 valence electrons. The molecule has 1 aliphatic heterocycles. The molecule has 0 bridgehead atoms. The van der Waals surface area contributed by atoms with Crippen molar-refractivity contribution in [1.82, 2.24) is 9.88 Å². The summed E-state index contributed by atoms with van der Waals surface area (Å²) in [4.78, 5) is 18.1. The number of hydrogen-bond donors (Lipinski definition) is 1. The topological polar surface area (TPSA) is 53.4 Å². The second kappa shape index (κ2) is 4.95. The molecule has 1 fully saturated rings. The largest absolute Gasteiger partial charge is 0.375 e. The molecular formula is C14H13BrN2O2S. The van der Waals surface area contributed by atoms with Gasteiger partial charge in [-0.3, -0.25) is 4.79 Å². The molecule has 1 aromatic heterocycles. The molecule has 0 aliphatic carbocycles. The zero-order valence-corrected chi connectivity index (χ0v) is 13.2. The zero-order valence-electron chi connectivity index (χ0n) is 10.8. The van der Waals surface area contributed by atoms with Gasteiger partial charge in [-0.15, -0.1) is 11.3 Å². The van der Waals surface area contributed by atoms with E-state index >= 15 is 0 Å². The molecule has 6 heteroatoms. The number of amides is 1. The van der Waals surface area contributed by atoms with E-state index in [-0.39, 0.29) is 5.91 Å². The first kappa shape index (κ1) is 13.7. The molecule has 1 atom stereocenters. The summed E-state index contributed by atoms with van der Waals surface area (Å²) >= 11 is 4.85. The smallest absolute Gasteiger partial charge is 0.258 e. The number of thiazole rings is 1. The van der Waals surface area contributed by atoms with Crippen LogP contribution in [-0.4, -0.2) is 34.5 Å². The van der Waals surface area contributed by atoms with Gasteiger partial charge in [-0.2, -0.15) is 0 Å². The molecule has 2 aromatic rings. The molecule has 0 saturated carbocycles. The van der Waals surface area contributed by atoms with Crippen LogP contribution in [0.3, 0.4) is 0 Å². The first-order chi connectivity index (χ1) is 9.50. The minimum absolute atomic E-state index is 0.241. The van der Waals surface area contributed by atoms with Crippen LogP contribution in [0.5, 0.6) is 0 Å². The van der Waals surface area contributed by atoms with Crippen LogP contribution in [0, 0.1) is 0 Å². The van der Waals surface area contributed by atoms with Gasteiger partial charge in [0, 0.05) is 31.0 Å². The maximum atomic E-state index is 12.1. The zero-order chi connectivity index (χ0) is 14.3. The molecule has 3 rings (SSSR count). The van der Waals surface area contributed by atoms with E-state index in [0.717, 1.165) is 15.2 Å². The van der Waals surface area contributed by atoms with Gasteiger partial charge in [0.25, 0.3) is 5.91 Å². The lowest BCUT2D eigenvalue weighted by Gasteiger charge is -2.21. The lowest BCUT2D eigenvalue weighted by atomic mass is 9.91. The molecule has 0 radical (unpaired) electrons. The van der Waals surface area contributed by atoms with Crippen molar-refractivity contribution in [2.75, 3.05) is 13.6 Å². The third-order valence-corrected chi connectivity index (χ3v) is 5.17. The predicted molar refractivity (Wildman–Crippen MR) is 81.4 cm³/mol. The van der Waals surface area contributed by atoms with E-state index in [1.807, 2.05) is 23.6 Å². The van der Waals surface area contributed by atoms with Crippen LogP contribution >= 0.6 is 27.3 Å². The van der Waals surface area contributed by atoms with Crippen LogP contribution < -0.4 is 0 Å². The van der Waals surface area contributed by atoms with E-state index in [0.29, 0.717) is 18.5 Å². The fourth-order valence-corrected chi connectivity index (χ4v) is 3.67. The SMILES string of the molecule is CN1CC[C@@](O)(c2cccc(-c3nc(Br)cs3)c2)C1=O. The van der Waals surface area contributed by atoms with Crippen LogP contribution in [0.2, 0.25) is 0 Å². The molecule has 20 heavy (non-hydrogen) atoms. The van der Waals surface area contributed by atoms with Crippen molar-refractivity contribution in [1.29, 1.82) is 0 Å². The van der Waals surface area contributed by atoms with E-state index in [4.69, 9.17) is 0 Å². The number of nitrogens with zero attached hydrogens (tertiary/aromatic N) is 2. The van der Waals surface area contributed by atoms with Gasteiger partial charge in [-0.05, 0) is 27.6 Å². The monoisotopic (exact) mass is 352 g/mol. The van der Waals surface area contributed by atoms with E-state index in [2.05, 4.69) is 20.9 Å². The average Bonchev–Trinajstić information content (AvgIpc) is 3.00. The molecule has 1 aromatic carbocycles. The van der Waals surface area contributed by atoms with Crippen molar-refractivity contribution in [2.24, 2.45) is 0 Å². The Balaban J connectivity index is 2.02. The minimum atomic E-state index is -1.40. The van der Waals surface area contributed by atoms with Crippen LogP contribution in [0.1, 0.15) is 12.0 Å². The standard InChI is InChI=1S/C14H13BrN2O2S/c1-17-6-5-14(19,13(17)18)10-4-2-3-9(7-10)12-16-11(15)8-20-12/h2-4,7-8,19H,5-6H2,1H3/t14-/m1/s1. The van der Waals surface area contributed by atoms with E-state index in [9.17, 15) is 9.90 Å². The number of likely N-dealkylation sites (tertiary alicyclic amines) is 1. The summed E-state index contributed by atoms with van der Waals surface area (Å²) in [6.45, 7) is 0.572. The van der Waals surface area contributed by atoms with Crippen molar-refractivity contribution in [3.63, 3.8) is 0 Å². The Kier molecular flexibility index (Phi) is 3.40. The summed E-state index contributed by atoms with van der Waals surface area (Å²) in [5, 5.41) is 13.4. The van der Waals surface area contributed by atoms with Gasteiger partial charge in [0.05, 0.1) is 0 Å². The molecule has 0 unspecified atom stereocenters. The van der Waals surface area contributed by atoms with E-state index < -0.39 is 5.60 Å². The Morgan fingerprint density at radius 2 is 2.30 bits per heavy atom. The maximum Gasteiger partial charge on any atom is 0.258 e. The normalized spacial score (nSPS) is 22.6. The molecule has 1 amide bonds. The van der Waals surface area contributed by atoms with E-state index in [1.54, 1.807) is 18.0 Å². The van der Waals surface area contributed by atoms with Crippen molar-refractivity contribution in [3.8, 4) is 10.6 Å². The molecule has 1 aliphatic rings. The third kappa shape index (κ3) is 2.17. The molecule has 4 nitrogen and oxygen atoms in total. The van der Waals surface area contributed by atoms with Crippen molar-refractivity contribution in [2.45, 2.75) is 12.0 Å². The lowest BCUT2D eigenvalue weighted by Crippen LogP contribution is -2.36. The number of likely N-dealkylation sites (N-methyl/N-ethyl adjacent to an activating group) is 1. The highest BCUT2D eigenvalue weighted by Gasteiger charge is 2.45. The average molecular weight is 353 g/mol. The summed E-state index contributed by atoms with van der Waals surface area (Å²) in [7, 11) is 1.71. The van der Waals surface area contributed by atoms with Gasteiger partial charge in [0.1, 0.15) is 9.61 Å². The number of carbonyl (C=O) groups excluding carboxylic acids is 1. The van der Waals surface area contributed by atoms with Gasteiger partial charge in [-0.1, -0.05) is 18.2 Å². The molecule has 1 saturated heterocycles. The second-order valence-corrected chi connectivity index (χ2v) is 6.56. The number of aromatic nitrogens is 1. The van der Waals surface area contributed by atoms with Gasteiger partial charge < -0.3 is 10.0 Å². The summed E-state index contributed by atoms with van der Waals surface area (Å²) in [5.41, 5.74) is 0.142. The van der Waals surface area contributed by atoms with Gasteiger partial charge in [0.2, 0.25) is 0 Å². The van der Waals surface area contributed by atoms with Crippen molar-refractivity contribution < 1.29 is 9.90 Å². The van der Waals surface area contributed by atoms with E-state index in [1.165, 1.54) is 11.3 Å². The first-order valence-corrected chi connectivity index (χ1v) is 7.88. The third-order valence-electron chi connectivity index (χ3n) is 3.57. The number of aliphatic hydroxyl groups is 1. The Labute approximate surface area is 129 Å². The highest BCUT2D eigenvalue weighted by atomic mass is 79.9. The lowest BCUT2D eigenvalue weighted by molar-refractivity contribution is -0.143. The predicted octanol–water partition coefficient (Wildman–Crippen LogP) is 2.62. The summed E-state index contributed by atoms with van der Waals surface area (Å²) in [5.74, 6) is -0.241. The Bertz CT molecular complexity index is 673. The van der Waals surface area contributed by atoms with Crippen molar-refractivity contribution in [3.05, 3.63) is 39.8 Å². The maximum absolute atomic E-state index is 12.1. The molecule has 0 spiro atoms. The quantitative estimate of drug-likeness (QED) is 0.903. The fourth-order valence-electron chi connectivity index (χ4n) is 2.42. The van der Waals surface area contributed by atoms with Crippen LogP contribution in [0.25, 0.3) is 10.6 Å². The summed E-state index contributed by atoms with van der Waals surface area (Å²) < 4.78 is 0.790. The van der Waals surface area contributed by atoms with Crippen molar-refractivity contribution >= 4 is 33.2 Å². The highest BCUT2D eigenvalue weighted by Crippen LogP contribution is 2.35. The molecule has 1 N–H and O–H groups in total. The Hall–Kier alpha value is -1.24. The number of benzene rings is 1. The number of hydrogen-bond acceptors (Lipinski definition) is 4. The van der Waals surface area contributed by atoms with Crippen LogP contribution in [-0.2, 0) is 10.4 Å². The minimum Gasteiger partial charge on any atom is -0.375 e. The van der Waals surface area contributed by atoms with Gasteiger partial charge in [-0.25, -0.2) is 4.98 Å². The van der Waals surface area contributed by atoms with Gasteiger partial charge >= 0.3 is 0 Å². The Morgan fingerprint density at radius 3 is 2.90 bits per heavy atom. The van der Waals surface area contributed by atoms with Crippen LogP contribution in [0.15, 0.2) is 34.2 Å². The Morgan fingerprint density at radius 1 is 1.50 bits per heavy atom. The number of halogens is 1. The first-order valence-electron chi connectivity index (χ1n) is 6.20. The van der Waals surface area contributed by atoms with Crippen LogP contribution in [0.4, 0.5) is 0 Å². The second-order valence-electron chi connectivity index (χ2n) is 4.89. The van der Waals surface area contributed by atoms with Gasteiger partial charge in [0.15, 0.2) is 5.60 Å². The number of carbonyl (C=O) groups is 1. The summed E-state index contributed by atoms with van der Waals surface area (Å²) in [6, 6.07) is 7.43. The number of rotatable bonds is 2. The molecule has 2 heterocycles.